The monoisotopic (exact) mass is 297 g/mol. The Hall–Kier alpha value is -2.21. The number of hydrogen-bond donors (Lipinski definition) is 1. The van der Waals surface area contributed by atoms with E-state index >= 15 is 0 Å². The van der Waals surface area contributed by atoms with Gasteiger partial charge in [-0.15, -0.1) is 0 Å². The van der Waals surface area contributed by atoms with Gasteiger partial charge in [0, 0.05) is 6.54 Å². The number of benzene rings is 2. The Morgan fingerprint density at radius 3 is 2.29 bits per heavy atom. The van der Waals surface area contributed by atoms with E-state index in [0.29, 0.717) is 11.5 Å². The lowest BCUT2D eigenvalue weighted by atomic mass is 10.1. The Balaban J connectivity index is 2.34. The van der Waals surface area contributed by atoms with Crippen molar-refractivity contribution in [1.82, 2.24) is 0 Å². The highest BCUT2D eigenvalue weighted by atomic mass is 19.4. The van der Waals surface area contributed by atoms with Gasteiger partial charge in [0.1, 0.15) is 5.75 Å². The average Bonchev–Trinajstić information content (AvgIpc) is 2.46. The molecule has 0 aliphatic rings. The molecule has 0 spiro atoms. The summed E-state index contributed by atoms with van der Waals surface area (Å²) >= 11 is 0. The van der Waals surface area contributed by atoms with Gasteiger partial charge < -0.3 is 15.2 Å². The molecule has 112 valence electrons. The minimum atomic E-state index is -4.43. The molecule has 6 heteroatoms. The fourth-order valence-electron chi connectivity index (χ4n) is 1.91. The Kier molecular flexibility index (Phi) is 4.37. The molecule has 0 bridgehead atoms. The Labute approximate surface area is 120 Å². The summed E-state index contributed by atoms with van der Waals surface area (Å²) in [4.78, 5) is 0. The zero-order valence-corrected chi connectivity index (χ0v) is 11.3. The smallest absolute Gasteiger partial charge is 0.416 e. The summed E-state index contributed by atoms with van der Waals surface area (Å²) in [7, 11) is 1.49. The van der Waals surface area contributed by atoms with Crippen LogP contribution in [0, 0.1) is 0 Å². The molecule has 3 nitrogen and oxygen atoms in total. The molecule has 0 aliphatic heterocycles. The quantitative estimate of drug-likeness (QED) is 0.929. The number of para-hydroxylation sites is 2. The van der Waals surface area contributed by atoms with Gasteiger partial charge in [0.25, 0.3) is 0 Å². The summed E-state index contributed by atoms with van der Waals surface area (Å²) < 4.78 is 49.1. The molecule has 0 fully saturated rings. The van der Waals surface area contributed by atoms with Crippen molar-refractivity contribution in [1.29, 1.82) is 0 Å². The molecule has 2 rings (SSSR count). The summed E-state index contributed by atoms with van der Waals surface area (Å²) in [5, 5.41) is 0. The Morgan fingerprint density at radius 2 is 1.71 bits per heavy atom. The lowest BCUT2D eigenvalue weighted by Crippen LogP contribution is -2.11. The molecule has 0 saturated heterocycles. The Bertz CT molecular complexity index is 627. The van der Waals surface area contributed by atoms with Crippen LogP contribution in [0.15, 0.2) is 42.5 Å². The lowest BCUT2D eigenvalue weighted by molar-refractivity contribution is -0.138. The largest absolute Gasteiger partial charge is 0.493 e. The van der Waals surface area contributed by atoms with Crippen LogP contribution >= 0.6 is 0 Å². The van der Waals surface area contributed by atoms with Crippen LogP contribution in [0.3, 0.4) is 0 Å². The van der Waals surface area contributed by atoms with Gasteiger partial charge in [0.05, 0.1) is 12.7 Å². The summed E-state index contributed by atoms with van der Waals surface area (Å²) in [6.45, 7) is -0.224. The van der Waals surface area contributed by atoms with Crippen LogP contribution in [0.2, 0.25) is 0 Å². The van der Waals surface area contributed by atoms with Crippen molar-refractivity contribution in [3.63, 3.8) is 0 Å². The molecule has 0 heterocycles. The number of ether oxygens (including phenoxy) is 2. The number of hydrogen-bond acceptors (Lipinski definition) is 3. The van der Waals surface area contributed by atoms with Crippen molar-refractivity contribution in [3.8, 4) is 17.2 Å². The van der Waals surface area contributed by atoms with Crippen molar-refractivity contribution in [2.24, 2.45) is 5.73 Å². The van der Waals surface area contributed by atoms with Crippen LogP contribution in [-0.4, -0.2) is 7.11 Å². The first-order chi connectivity index (χ1) is 9.95. The molecule has 0 radical (unpaired) electrons. The molecule has 21 heavy (non-hydrogen) atoms. The number of rotatable bonds is 4. The third kappa shape index (κ3) is 3.46. The zero-order valence-electron chi connectivity index (χ0n) is 11.3. The van der Waals surface area contributed by atoms with Gasteiger partial charge in [0.2, 0.25) is 0 Å². The van der Waals surface area contributed by atoms with E-state index in [1.165, 1.54) is 19.2 Å². The van der Waals surface area contributed by atoms with Gasteiger partial charge in [-0.05, 0) is 35.9 Å². The van der Waals surface area contributed by atoms with E-state index in [1.807, 2.05) is 0 Å². The first-order valence-corrected chi connectivity index (χ1v) is 6.16. The van der Waals surface area contributed by atoms with Crippen LogP contribution < -0.4 is 15.2 Å². The highest BCUT2D eigenvalue weighted by Crippen LogP contribution is 2.36. The first kappa shape index (κ1) is 15.2. The summed E-state index contributed by atoms with van der Waals surface area (Å²) in [5.41, 5.74) is 4.61. The summed E-state index contributed by atoms with van der Waals surface area (Å²) in [5.74, 6) is 1.18. The topological polar surface area (TPSA) is 44.5 Å². The summed E-state index contributed by atoms with van der Waals surface area (Å²) in [6.07, 6.45) is -4.43. The van der Waals surface area contributed by atoms with E-state index in [9.17, 15) is 13.2 Å². The molecular weight excluding hydrogens is 283 g/mol. The van der Waals surface area contributed by atoms with Gasteiger partial charge in [-0.1, -0.05) is 12.1 Å². The average molecular weight is 297 g/mol. The van der Waals surface area contributed by atoms with E-state index in [4.69, 9.17) is 15.2 Å². The van der Waals surface area contributed by atoms with Gasteiger partial charge in [-0.3, -0.25) is 0 Å². The predicted octanol–water partition coefficient (Wildman–Crippen LogP) is 3.97. The zero-order chi connectivity index (χ0) is 15.5. The maximum Gasteiger partial charge on any atom is 0.416 e. The lowest BCUT2D eigenvalue weighted by Gasteiger charge is -2.14. The van der Waals surface area contributed by atoms with E-state index in [1.54, 1.807) is 24.3 Å². The van der Waals surface area contributed by atoms with Gasteiger partial charge >= 0.3 is 6.18 Å². The fraction of sp³-hybridized carbons (Fsp3) is 0.200. The number of alkyl halides is 3. The second-order valence-corrected chi connectivity index (χ2v) is 4.27. The van der Waals surface area contributed by atoms with Crippen LogP contribution in [0.4, 0.5) is 13.2 Å². The standard InChI is InChI=1S/C15H14F3NO2/c1-20-13-4-2-3-5-14(13)21-11-6-7-12(15(16,17)18)10(8-11)9-19/h2-8H,9,19H2,1H3. The highest BCUT2D eigenvalue weighted by Gasteiger charge is 2.33. The Morgan fingerprint density at radius 1 is 1.05 bits per heavy atom. The number of nitrogens with two attached hydrogens (primary N) is 1. The molecule has 2 N–H and O–H groups in total. The second kappa shape index (κ2) is 6.05. The highest BCUT2D eigenvalue weighted by molar-refractivity contribution is 5.44. The fourth-order valence-corrected chi connectivity index (χ4v) is 1.91. The first-order valence-electron chi connectivity index (χ1n) is 6.16. The second-order valence-electron chi connectivity index (χ2n) is 4.27. The molecule has 0 aromatic heterocycles. The molecule has 0 amide bonds. The molecule has 2 aromatic rings. The van der Waals surface area contributed by atoms with Crippen molar-refractivity contribution < 1.29 is 22.6 Å². The molecule has 0 aliphatic carbocycles. The summed E-state index contributed by atoms with van der Waals surface area (Å²) in [6, 6.07) is 10.4. The van der Waals surface area contributed by atoms with Crippen molar-refractivity contribution in [2.45, 2.75) is 12.7 Å². The van der Waals surface area contributed by atoms with Gasteiger partial charge in [-0.2, -0.15) is 13.2 Å². The van der Waals surface area contributed by atoms with Crippen LogP contribution in [0.25, 0.3) is 0 Å². The van der Waals surface area contributed by atoms with E-state index in [-0.39, 0.29) is 17.9 Å². The maximum atomic E-state index is 12.8. The normalized spacial score (nSPS) is 11.3. The minimum absolute atomic E-state index is 0.0186. The van der Waals surface area contributed by atoms with Crippen molar-refractivity contribution in [2.75, 3.05) is 7.11 Å². The van der Waals surface area contributed by atoms with Crippen molar-refractivity contribution >= 4 is 0 Å². The molecule has 2 aromatic carbocycles. The van der Waals surface area contributed by atoms with Crippen LogP contribution in [-0.2, 0) is 12.7 Å². The SMILES string of the molecule is COc1ccccc1Oc1ccc(C(F)(F)F)c(CN)c1. The van der Waals surface area contributed by atoms with Gasteiger partial charge in [0.15, 0.2) is 11.5 Å². The predicted molar refractivity (Wildman–Crippen MR) is 72.4 cm³/mol. The van der Waals surface area contributed by atoms with Crippen molar-refractivity contribution in [3.05, 3.63) is 53.6 Å². The molecule has 0 unspecified atom stereocenters. The van der Waals surface area contributed by atoms with Crippen LogP contribution in [0.5, 0.6) is 17.2 Å². The third-order valence-corrected chi connectivity index (χ3v) is 2.90. The van der Waals surface area contributed by atoms with E-state index < -0.39 is 11.7 Å². The molecule has 0 saturated carbocycles. The van der Waals surface area contributed by atoms with Crippen LogP contribution in [0.1, 0.15) is 11.1 Å². The molecular formula is C15H14F3NO2. The maximum absolute atomic E-state index is 12.8. The van der Waals surface area contributed by atoms with Gasteiger partial charge in [-0.25, -0.2) is 0 Å². The number of halogens is 3. The van der Waals surface area contributed by atoms with E-state index in [2.05, 4.69) is 0 Å². The number of methoxy groups -OCH3 is 1. The molecule has 0 atom stereocenters. The minimum Gasteiger partial charge on any atom is -0.493 e. The third-order valence-electron chi connectivity index (χ3n) is 2.90. The van der Waals surface area contributed by atoms with E-state index in [0.717, 1.165) is 6.07 Å².